The van der Waals surface area contributed by atoms with Crippen LogP contribution in [0.1, 0.15) is 30.6 Å². The number of ether oxygens (including phenoxy) is 3. The lowest BCUT2D eigenvalue weighted by molar-refractivity contribution is -0.340. The Morgan fingerprint density at radius 3 is 2.36 bits per heavy atom. The van der Waals surface area contributed by atoms with Crippen LogP contribution in [-0.4, -0.2) is 134 Å². The van der Waals surface area contributed by atoms with Crippen LogP contribution in [0.2, 0.25) is 0 Å². The zero-order valence-corrected chi connectivity index (χ0v) is 25.7. The van der Waals surface area contributed by atoms with Crippen LogP contribution in [0, 0.1) is 0 Å². The van der Waals surface area contributed by atoms with Gasteiger partial charge in [0.15, 0.2) is 6.23 Å². The first-order valence-corrected chi connectivity index (χ1v) is 15.0. The van der Waals surface area contributed by atoms with Gasteiger partial charge in [-0.2, -0.15) is 0 Å². The molecule has 0 aliphatic carbocycles. The smallest absolute Gasteiger partial charge is 0.251 e. The Morgan fingerprint density at radius 2 is 1.72 bits per heavy atom. The number of fused-ring (bicyclic) bond motifs is 2. The van der Waals surface area contributed by atoms with Crippen molar-refractivity contribution < 1.29 is 64.0 Å². The van der Waals surface area contributed by atoms with Gasteiger partial charge in [-0.1, -0.05) is 12.1 Å². The lowest BCUT2D eigenvalue weighted by Crippen LogP contribution is -2.65. The number of carbonyl (C=O) groups excluding carboxylic acids is 2. The van der Waals surface area contributed by atoms with Gasteiger partial charge in [-0.25, -0.2) is 0 Å². The molecule has 3 aromatic rings. The highest BCUT2D eigenvalue weighted by Crippen LogP contribution is 2.28. The normalized spacial score (nSPS) is 23.5. The Morgan fingerprint density at radius 1 is 1.02 bits per heavy atom. The van der Waals surface area contributed by atoms with Crippen molar-refractivity contribution in [1.29, 1.82) is 0 Å². The van der Waals surface area contributed by atoms with Crippen molar-refractivity contribution in [2.24, 2.45) is 0 Å². The van der Waals surface area contributed by atoms with Crippen LogP contribution in [0.5, 0.6) is 0 Å². The van der Waals surface area contributed by atoms with E-state index in [1.54, 1.807) is 24.3 Å². The van der Waals surface area contributed by atoms with E-state index < -0.39 is 80.5 Å². The maximum atomic E-state index is 12.9. The number of amides is 2. The molecule has 0 saturated carbocycles. The van der Waals surface area contributed by atoms with Crippen molar-refractivity contribution in [2.75, 3.05) is 26.3 Å². The minimum atomic E-state index is -2.32. The van der Waals surface area contributed by atoms with Gasteiger partial charge in [-0.3, -0.25) is 14.4 Å². The Labute approximate surface area is 268 Å². The van der Waals surface area contributed by atoms with E-state index in [2.05, 4.69) is 5.32 Å². The number of aliphatic hydroxyl groups is 7. The molecule has 1 aliphatic heterocycles. The highest BCUT2D eigenvalue weighted by Gasteiger charge is 2.49. The summed E-state index contributed by atoms with van der Waals surface area (Å²) in [5, 5.41) is 73.6. The molecule has 1 aliphatic rings. The van der Waals surface area contributed by atoms with E-state index in [0.29, 0.717) is 16.6 Å². The number of nitrogens with zero attached hydrogens (tertiary/aromatic N) is 1. The summed E-state index contributed by atoms with van der Waals surface area (Å²) in [4.78, 5) is 39.5. The quantitative estimate of drug-likeness (QED) is 0.0535. The van der Waals surface area contributed by atoms with E-state index in [4.69, 9.17) is 18.6 Å². The number of nitrogens with one attached hydrogen (secondary N) is 1. The summed E-state index contributed by atoms with van der Waals surface area (Å²) in [5.74, 6) is -1.05. The molecule has 47 heavy (non-hydrogen) atoms. The fourth-order valence-electron chi connectivity index (χ4n) is 5.26. The second-order valence-electron chi connectivity index (χ2n) is 11.2. The summed E-state index contributed by atoms with van der Waals surface area (Å²) >= 11 is 0. The molecule has 16 nitrogen and oxygen atoms in total. The third-order valence-corrected chi connectivity index (χ3v) is 7.81. The van der Waals surface area contributed by atoms with Crippen molar-refractivity contribution in [2.45, 2.75) is 75.7 Å². The van der Waals surface area contributed by atoms with Gasteiger partial charge >= 0.3 is 0 Å². The summed E-state index contributed by atoms with van der Waals surface area (Å²) in [6.07, 6.45) is -14.7. The fraction of sp³-hybridized carbons (Fsp3) is 0.516. The van der Waals surface area contributed by atoms with Crippen LogP contribution in [-0.2, 0) is 19.0 Å². The number of hydrogen-bond acceptors (Lipinski definition) is 14. The molecular weight excluding hydrogens is 624 g/mol. The highest BCUT2D eigenvalue weighted by molar-refractivity contribution is 5.99. The maximum Gasteiger partial charge on any atom is 0.251 e. The molecule has 4 rings (SSSR count). The molecule has 258 valence electrons. The molecule has 1 aromatic heterocycles. The number of aliphatic hydroxyl groups excluding tert-OH is 6. The van der Waals surface area contributed by atoms with E-state index in [9.17, 15) is 50.1 Å². The first-order chi connectivity index (χ1) is 22.4. The van der Waals surface area contributed by atoms with E-state index in [1.807, 2.05) is 0 Å². The average molecular weight is 665 g/mol. The number of para-hydroxylation sites is 1. The SMILES string of the molecule is CC(=O)N(CCCNC(=O)c1ccc2oc3ccccc3c(=O)c2c1)C1OC(CO)C(OC(OC(CO)C(C)O)C(O)O)C(O)C1O. The van der Waals surface area contributed by atoms with Gasteiger partial charge in [0.2, 0.25) is 23.9 Å². The van der Waals surface area contributed by atoms with Crippen LogP contribution in [0.3, 0.4) is 0 Å². The molecule has 8 unspecified atom stereocenters. The third-order valence-electron chi connectivity index (χ3n) is 7.81. The van der Waals surface area contributed by atoms with Gasteiger partial charge in [-0.05, 0) is 43.7 Å². The van der Waals surface area contributed by atoms with Crippen LogP contribution >= 0.6 is 0 Å². The predicted octanol–water partition coefficient (Wildman–Crippen LogP) is -1.87. The lowest BCUT2D eigenvalue weighted by atomic mass is 9.97. The summed E-state index contributed by atoms with van der Waals surface area (Å²) in [6.45, 7) is 0.968. The third kappa shape index (κ3) is 8.31. The summed E-state index contributed by atoms with van der Waals surface area (Å²) in [6, 6.07) is 11.2. The van der Waals surface area contributed by atoms with Crippen molar-refractivity contribution >= 4 is 33.8 Å². The van der Waals surface area contributed by atoms with Crippen LogP contribution in [0.15, 0.2) is 51.7 Å². The van der Waals surface area contributed by atoms with Gasteiger partial charge in [0.05, 0.1) is 30.1 Å². The average Bonchev–Trinajstić information content (AvgIpc) is 3.04. The first-order valence-electron chi connectivity index (χ1n) is 15.0. The number of hydrogen-bond donors (Lipinski definition) is 8. The molecule has 0 spiro atoms. The van der Waals surface area contributed by atoms with Gasteiger partial charge < -0.3 is 64.6 Å². The number of rotatable bonds is 14. The van der Waals surface area contributed by atoms with Gasteiger partial charge in [0.1, 0.15) is 41.7 Å². The minimum Gasteiger partial charge on any atom is -0.456 e. The zero-order chi connectivity index (χ0) is 34.4. The molecule has 0 radical (unpaired) electrons. The highest BCUT2D eigenvalue weighted by atomic mass is 16.7. The molecule has 2 heterocycles. The predicted molar refractivity (Wildman–Crippen MR) is 163 cm³/mol. The lowest BCUT2D eigenvalue weighted by Gasteiger charge is -2.46. The fourth-order valence-corrected chi connectivity index (χ4v) is 5.26. The van der Waals surface area contributed by atoms with E-state index >= 15 is 0 Å². The topological polar surface area (TPSA) is 249 Å². The van der Waals surface area contributed by atoms with Crippen molar-refractivity contribution in [3.05, 3.63) is 58.3 Å². The zero-order valence-electron chi connectivity index (χ0n) is 25.7. The summed E-state index contributed by atoms with van der Waals surface area (Å²) in [5.41, 5.74) is 0.689. The Bertz CT molecular complexity index is 1580. The van der Waals surface area contributed by atoms with Gasteiger partial charge in [0, 0.05) is 25.6 Å². The van der Waals surface area contributed by atoms with Crippen molar-refractivity contribution in [3.8, 4) is 0 Å². The molecule has 8 N–H and O–H groups in total. The Kier molecular flexibility index (Phi) is 12.4. The first kappa shape index (κ1) is 36.3. The van der Waals surface area contributed by atoms with E-state index in [1.165, 1.54) is 32.0 Å². The maximum absolute atomic E-state index is 12.9. The van der Waals surface area contributed by atoms with E-state index in [-0.39, 0.29) is 35.9 Å². The van der Waals surface area contributed by atoms with Crippen molar-refractivity contribution in [1.82, 2.24) is 10.2 Å². The summed E-state index contributed by atoms with van der Waals surface area (Å²) in [7, 11) is 0. The summed E-state index contributed by atoms with van der Waals surface area (Å²) < 4.78 is 22.1. The molecule has 2 amide bonds. The molecular formula is C31H40N2O14. The second kappa shape index (κ2) is 16.0. The van der Waals surface area contributed by atoms with E-state index in [0.717, 1.165) is 4.90 Å². The standard InChI is InChI=1S/C31H40N2O14/c1-15(36)22(13-34)46-31(30(42)43)47-27-23(14-35)45-29(26(40)25(27)39)33(16(2)37)11-5-10-32-28(41)17-8-9-21-19(12-17)24(38)18-6-3-4-7-20(18)44-21/h3-4,6-9,12,15,22-23,25-27,29-31,34-36,39-40,42-43H,5,10-11,13-14H2,1-2H3,(H,32,41). The molecule has 1 fully saturated rings. The molecule has 16 heteroatoms. The molecule has 0 bridgehead atoms. The largest absolute Gasteiger partial charge is 0.456 e. The van der Waals surface area contributed by atoms with Crippen LogP contribution < -0.4 is 10.7 Å². The molecule has 1 saturated heterocycles. The molecule has 2 aromatic carbocycles. The number of carbonyl (C=O) groups is 2. The van der Waals surface area contributed by atoms with Gasteiger partial charge in [-0.15, -0.1) is 0 Å². The Balaban J connectivity index is 1.39. The monoisotopic (exact) mass is 664 g/mol. The van der Waals surface area contributed by atoms with Crippen LogP contribution in [0.25, 0.3) is 21.9 Å². The number of benzene rings is 2. The van der Waals surface area contributed by atoms with Crippen molar-refractivity contribution in [3.63, 3.8) is 0 Å². The minimum absolute atomic E-state index is 0.0608. The second-order valence-corrected chi connectivity index (χ2v) is 11.2. The Hall–Kier alpha value is -3.55. The van der Waals surface area contributed by atoms with Crippen LogP contribution in [0.4, 0.5) is 0 Å². The molecule has 8 atom stereocenters. The van der Waals surface area contributed by atoms with Gasteiger partial charge in [0.25, 0.3) is 5.91 Å².